The molecule has 2 rings (SSSR count). The lowest BCUT2D eigenvalue weighted by molar-refractivity contribution is 0.0697. The number of aromatic carboxylic acids is 1. The van der Waals surface area contributed by atoms with Gasteiger partial charge in [-0.2, -0.15) is 5.10 Å². The molecule has 0 aromatic carbocycles. The van der Waals surface area contributed by atoms with Gasteiger partial charge in [0.2, 0.25) is 0 Å². The predicted molar refractivity (Wildman–Crippen MR) is 48.6 cm³/mol. The number of aldehydes is 1. The number of rotatable bonds is 3. The van der Waals surface area contributed by atoms with Crippen LogP contribution in [0.15, 0.2) is 22.9 Å². The van der Waals surface area contributed by atoms with Crippen LogP contribution in [0.2, 0.25) is 0 Å². The molecule has 2 aromatic heterocycles. The molecule has 0 aliphatic carbocycles. The van der Waals surface area contributed by atoms with E-state index in [9.17, 15) is 9.59 Å². The third-order valence-electron chi connectivity index (χ3n) is 1.93. The molecule has 0 aliphatic rings. The first-order valence-corrected chi connectivity index (χ1v) is 4.03. The number of hydrogen-bond donors (Lipinski definition) is 2. The minimum Gasteiger partial charge on any atom is -0.478 e. The maximum absolute atomic E-state index is 10.8. The topological polar surface area (TPSA) is 96.2 Å². The van der Waals surface area contributed by atoms with Crippen LogP contribution in [0.1, 0.15) is 20.8 Å². The molecule has 0 aliphatic heterocycles. The van der Waals surface area contributed by atoms with Gasteiger partial charge in [-0.05, 0) is 6.07 Å². The third-order valence-corrected chi connectivity index (χ3v) is 1.93. The standard InChI is InChI=1S/C9H6N2O4/c12-4-7-6(3-10-11-7)8-5(9(13)14)1-2-15-8/h1-4H,(H,10,11)(H,13,14). The van der Waals surface area contributed by atoms with Crippen molar-refractivity contribution in [2.24, 2.45) is 0 Å². The Labute approximate surface area is 83.5 Å². The van der Waals surface area contributed by atoms with E-state index in [0.29, 0.717) is 11.8 Å². The molecule has 2 N–H and O–H groups in total. The number of aromatic amines is 1. The Morgan fingerprint density at radius 2 is 2.40 bits per heavy atom. The van der Waals surface area contributed by atoms with E-state index >= 15 is 0 Å². The molecule has 0 unspecified atom stereocenters. The van der Waals surface area contributed by atoms with Crippen molar-refractivity contribution >= 4 is 12.3 Å². The molecule has 15 heavy (non-hydrogen) atoms. The number of carboxylic acid groups (broad SMARTS) is 1. The molecule has 0 atom stereocenters. The van der Waals surface area contributed by atoms with Crippen LogP contribution in [-0.2, 0) is 0 Å². The molecule has 0 bridgehead atoms. The summed E-state index contributed by atoms with van der Waals surface area (Å²) in [4.78, 5) is 21.4. The van der Waals surface area contributed by atoms with Crippen molar-refractivity contribution in [1.82, 2.24) is 10.2 Å². The van der Waals surface area contributed by atoms with Crippen LogP contribution in [-0.4, -0.2) is 27.6 Å². The molecule has 0 radical (unpaired) electrons. The van der Waals surface area contributed by atoms with Gasteiger partial charge in [-0.1, -0.05) is 0 Å². The molecule has 0 saturated heterocycles. The second-order valence-corrected chi connectivity index (χ2v) is 2.78. The van der Waals surface area contributed by atoms with Gasteiger partial charge in [0, 0.05) is 0 Å². The molecule has 0 amide bonds. The second-order valence-electron chi connectivity index (χ2n) is 2.78. The Morgan fingerprint density at radius 1 is 1.60 bits per heavy atom. The Balaban J connectivity index is 2.58. The third kappa shape index (κ3) is 1.41. The summed E-state index contributed by atoms with van der Waals surface area (Å²) in [6, 6.07) is 1.32. The Hall–Kier alpha value is -2.37. The van der Waals surface area contributed by atoms with Crippen molar-refractivity contribution < 1.29 is 19.1 Å². The van der Waals surface area contributed by atoms with Gasteiger partial charge in [-0.25, -0.2) is 4.79 Å². The van der Waals surface area contributed by atoms with Gasteiger partial charge < -0.3 is 9.52 Å². The summed E-state index contributed by atoms with van der Waals surface area (Å²) in [5.74, 6) is -0.991. The zero-order valence-electron chi connectivity index (χ0n) is 7.43. The van der Waals surface area contributed by atoms with Crippen LogP contribution < -0.4 is 0 Å². The average molecular weight is 206 g/mol. The van der Waals surface area contributed by atoms with E-state index in [4.69, 9.17) is 9.52 Å². The highest BCUT2D eigenvalue weighted by Crippen LogP contribution is 2.26. The highest BCUT2D eigenvalue weighted by molar-refractivity contribution is 5.96. The molecule has 6 heteroatoms. The molecule has 76 valence electrons. The van der Waals surface area contributed by atoms with Gasteiger partial charge in [0.05, 0.1) is 18.0 Å². The SMILES string of the molecule is O=Cc1[nH]ncc1-c1occc1C(=O)O. The van der Waals surface area contributed by atoms with Crippen LogP contribution in [0.4, 0.5) is 0 Å². The van der Waals surface area contributed by atoms with Crippen LogP contribution >= 0.6 is 0 Å². The van der Waals surface area contributed by atoms with Crippen molar-refractivity contribution in [3.8, 4) is 11.3 Å². The predicted octanol–water partition coefficient (Wildman–Crippen LogP) is 1.18. The maximum Gasteiger partial charge on any atom is 0.339 e. The first-order chi connectivity index (χ1) is 7.24. The number of carboxylic acids is 1. The number of nitrogens with one attached hydrogen (secondary N) is 1. The van der Waals surface area contributed by atoms with Gasteiger partial charge in [-0.15, -0.1) is 0 Å². The molecular formula is C9H6N2O4. The quantitative estimate of drug-likeness (QED) is 0.735. The number of carbonyl (C=O) groups excluding carboxylic acids is 1. The van der Waals surface area contributed by atoms with Crippen molar-refractivity contribution in [3.63, 3.8) is 0 Å². The van der Waals surface area contributed by atoms with Crippen LogP contribution in [0.3, 0.4) is 0 Å². The van der Waals surface area contributed by atoms with E-state index in [1.165, 1.54) is 18.5 Å². The highest BCUT2D eigenvalue weighted by Gasteiger charge is 2.18. The molecule has 2 heterocycles. The van der Waals surface area contributed by atoms with E-state index in [1.807, 2.05) is 0 Å². The fourth-order valence-corrected chi connectivity index (χ4v) is 1.25. The van der Waals surface area contributed by atoms with Gasteiger partial charge in [0.15, 0.2) is 12.0 Å². The van der Waals surface area contributed by atoms with Gasteiger partial charge >= 0.3 is 5.97 Å². The first kappa shape index (κ1) is 9.20. The molecule has 6 nitrogen and oxygen atoms in total. The van der Waals surface area contributed by atoms with E-state index in [1.54, 1.807) is 0 Å². The van der Waals surface area contributed by atoms with Gasteiger partial charge in [-0.3, -0.25) is 9.89 Å². The Bertz CT molecular complexity index is 512. The molecule has 0 fully saturated rings. The Kier molecular flexibility index (Phi) is 2.09. The van der Waals surface area contributed by atoms with Gasteiger partial charge in [0.1, 0.15) is 11.3 Å². The lowest BCUT2D eigenvalue weighted by atomic mass is 10.1. The number of H-pyrrole nitrogens is 1. The summed E-state index contributed by atoms with van der Waals surface area (Å²) in [6.45, 7) is 0. The lowest BCUT2D eigenvalue weighted by Gasteiger charge is -1.95. The number of aromatic nitrogens is 2. The zero-order chi connectivity index (χ0) is 10.8. The van der Waals surface area contributed by atoms with Crippen molar-refractivity contribution in [1.29, 1.82) is 0 Å². The smallest absolute Gasteiger partial charge is 0.339 e. The summed E-state index contributed by atoms with van der Waals surface area (Å²) >= 11 is 0. The molecule has 2 aromatic rings. The van der Waals surface area contributed by atoms with Gasteiger partial charge in [0.25, 0.3) is 0 Å². The number of hydrogen-bond acceptors (Lipinski definition) is 4. The summed E-state index contributed by atoms with van der Waals surface area (Å²) in [6.07, 6.45) is 3.14. The summed E-state index contributed by atoms with van der Waals surface area (Å²) in [5.41, 5.74) is 0.527. The largest absolute Gasteiger partial charge is 0.478 e. The van der Waals surface area contributed by atoms with Crippen molar-refractivity contribution in [3.05, 3.63) is 29.8 Å². The van der Waals surface area contributed by atoms with Crippen LogP contribution in [0.25, 0.3) is 11.3 Å². The summed E-state index contributed by atoms with van der Waals surface area (Å²) < 4.78 is 5.01. The van der Waals surface area contributed by atoms with E-state index in [0.717, 1.165) is 0 Å². The molecular weight excluding hydrogens is 200 g/mol. The summed E-state index contributed by atoms with van der Waals surface area (Å²) in [7, 11) is 0. The second kappa shape index (κ2) is 3.41. The van der Waals surface area contributed by atoms with Crippen molar-refractivity contribution in [2.75, 3.05) is 0 Å². The molecule has 0 spiro atoms. The lowest BCUT2D eigenvalue weighted by Crippen LogP contribution is -1.96. The fraction of sp³-hybridized carbons (Fsp3) is 0. The number of carbonyl (C=O) groups is 2. The van der Waals surface area contributed by atoms with Crippen LogP contribution in [0, 0.1) is 0 Å². The summed E-state index contributed by atoms with van der Waals surface area (Å²) in [5, 5.41) is 14.9. The minimum absolute atomic E-state index is 0.000463. The maximum atomic E-state index is 10.8. The molecule has 0 saturated carbocycles. The van der Waals surface area contributed by atoms with E-state index < -0.39 is 5.97 Å². The average Bonchev–Trinajstić information content (AvgIpc) is 2.85. The van der Waals surface area contributed by atoms with E-state index in [2.05, 4.69) is 10.2 Å². The minimum atomic E-state index is -1.11. The normalized spacial score (nSPS) is 10.1. The fourth-order valence-electron chi connectivity index (χ4n) is 1.25. The number of furan rings is 1. The number of nitrogens with zero attached hydrogens (tertiary/aromatic N) is 1. The van der Waals surface area contributed by atoms with E-state index in [-0.39, 0.29) is 17.0 Å². The Morgan fingerprint density at radius 3 is 3.07 bits per heavy atom. The monoisotopic (exact) mass is 206 g/mol. The first-order valence-electron chi connectivity index (χ1n) is 4.03. The zero-order valence-corrected chi connectivity index (χ0v) is 7.43. The highest BCUT2D eigenvalue weighted by atomic mass is 16.4. The van der Waals surface area contributed by atoms with Crippen LogP contribution in [0.5, 0.6) is 0 Å². The van der Waals surface area contributed by atoms with Crippen molar-refractivity contribution in [2.45, 2.75) is 0 Å².